The maximum absolute atomic E-state index is 6.00. The van der Waals surface area contributed by atoms with Crippen molar-refractivity contribution in [3.05, 3.63) is 71.8 Å². The lowest BCUT2D eigenvalue weighted by Crippen LogP contribution is -2.41. The van der Waals surface area contributed by atoms with E-state index in [-0.39, 0.29) is 0 Å². The van der Waals surface area contributed by atoms with Gasteiger partial charge in [0.2, 0.25) is 0 Å². The van der Waals surface area contributed by atoms with E-state index in [1.54, 1.807) is 10.0 Å². The third kappa shape index (κ3) is 5.11. The quantitative estimate of drug-likeness (QED) is 0.594. The van der Waals surface area contributed by atoms with Gasteiger partial charge in [-0.05, 0) is 11.1 Å². The number of nitrogens with two attached hydrogens (primary N) is 2. The lowest BCUT2D eigenvalue weighted by atomic mass is 10.2. The zero-order valence-corrected chi connectivity index (χ0v) is 11.7. The zero-order chi connectivity index (χ0) is 14.2. The Morgan fingerprint density at radius 2 is 0.950 bits per heavy atom. The normalized spacial score (nSPS) is 11.2. The largest absolute Gasteiger partial charge is 0.268 e. The molecule has 2 aromatic rings. The van der Waals surface area contributed by atoms with Gasteiger partial charge in [0, 0.05) is 26.2 Å². The molecule has 0 heterocycles. The van der Waals surface area contributed by atoms with Crippen LogP contribution in [0, 0.1) is 0 Å². The molecule has 0 radical (unpaired) electrons. The minimum Gasteiger partial charge on any atom is -0.268 e. The van der Waals surface area contributed by atoms with Gasteiger partial charge in [-0.3, -0.25) is 11.7 Å². The van der Waals surface area contributed by atoms with Crippen LogP contribution in [0.25, 0.3) is 0 Å². The van der Waals surface area contributed by atoms with Crippen molar-refractivity contribution in [1.82, 2.24) is 10.0 Å². The smallest absolute Gasteiger partial charge is 0.0379 e. The van der Waals surface area contributed by atoms with E-state index in [9.17, 15) is 0 Å². The Kier molecular flexibility index (Phi) is 5.70. The molecular formula is C16H22N4. The van der Waals surface area contributed by atoms with Crippen molar-refractivity contribution >= 4 is 0 Å². The predicted octanol–water partition coefficient (Wildman–Crippen LogP) is 1.74. The highest BCUT2D eigenvalue weighted by molar-refractivity contribution is 5.15. The summed E-state index contributed by atoms with van der Waals surface area (Å²) < 4.78 is 0. The molecule has 0 saturated carbocycles. The summed E-state index contributed by atoms with van der Waals surface area (Å²) in [5, 5.41) is 3.58. The lowest BCUT2D eigenvalue weighted by molar-refractivity contribution is 0.198. The summed E-state index contributed by atoms with van der Waals surface area (Å²) in [4.78, 5) is 0. The van der Waals surface area contributed by atoms with Crippen LogP contribution in [0.3, 0.4) is 0 Å². The zero-order valence-electron chi connectivity index (χ0n) is 11.7. The first-order valence-corrected chi connectivity index (χ1v) is 6.81. The molecule has 0 atom stereocenters. The molecule has 106 valence electrons. The molecule has 0 aliphatic heterocycles. The van der Waals surface area contributed by atoms with E-state index in [2.05, 4.69) is 24.3 Å². The molecule has 4 N–H and O–H groups in total. The minimum absolute atomic E-state index is 0.734. The molecule has 0 fully saturated rings. The highest BCUT2D eigenvalue weighted by Crippen LogP contribution is 2.03. The van der Waals surface area contributed by atoms with Gasteiger partial charge in [0.25, 0.3) is 0 Å². The second-order valence-corrected chi connectivity index (χ2v) is 4.91. The molecule has 0 saturated heterocycles. The first-order valence-electron chi connectivity index (χ1n) is 6.81. The Morgan fingerprint density at radius 1 is 0.600 bits per heavy atom. The Bertz CT molecular complexity index is 439. The second kappa shape index (κ2) is 7.77. The van der Waals surface area contributed by atoms with E-state index in [0.29, 0.717) is 0 Å². The fourth-order valence-electron chi connectivity index (χ4n) is 2.05. The number of nitrogens with zero attached hydrogens (tertiary/aromatic N) is 2. The highest BCUT2D eigenvalue weighted by atomic mass is 15.4. The molecule has 4 nitrogen and oxygen atoms in total. The summed E-state index contributed by atoms with van der Waals surface area (Å²) in [6.45, 7) is 2.94. The molecule has 4 heteroatoms. The first-order chi connectivity index (χ1) is 9.74. The molecule has 0 aliphatic rings. The van der Waals surface area contributed by atoms with Gasteiger partial charge in [-0.25, -0.2) is 10.0 Å². The third-order valence-electron chi connectivity index (χ3n) is 3.13. The average molecular weight is 270 g/mol. The van der Waals surface area contributed by atoms with Crippen LogP contribution < -0.4 is 11.7 Å². The summed E-state index contributed by atoms with van der Waals surface area (Å²) in [5.41, 5.74) is 2.42. The number of hydrogen-bond donors (Lipinski definition) is 2. The Hall–Kier alpha value is -1.72. The molecule has 0 aliphatic carbocycles. The number of rotatable bonds is 7. The topological polar surface area (TPSA) is 58.5 Å². The van der Waals surface area contributed by atoms with Crippen molar-refractivity contribution in [3.8, 4) is 0 Å². The van der Waals surface area contributed by atoms with Gasteiger partial charge < -0.3 is 0 Å². The molecule has 0 amide bonds. The van der Waals surface area contributed by atoms with Crippen LogP contribution in [0.5, 0.6) is 0 Å². The third-order valence-corrected chi connectivity index (χ3v) is 3.13. The van der Waals surface area contributed by atoms with E-state index in [4.69, 9.17) is 11.7 Å². The average Bonchev–Trinajstić information content (AvgIpc) is 2.47. The van der Waals surface area contributed by atoms with Gasteiger partial charge in [0.05, 0.1) is 0 Å². The predicted molar refractivity (Wildman–Crippen MR) is 82.1 cm³/mol. The standard InChI is InChI=1S/C16H22N4/c17-19(13-15-7-3-1-4-8-15)11-12-20(18)14-16-9-5-2-6-10-16/h1-10H,11-14,17-18H2. The molecule has 20 heavy (non-hydrogen) atoms. The van der Waals surface area contributed by atoms with E-state index < -0.39 is 0 Å². The summed E-state index contributed by atoms with van der Waals surface area (Å²) in [5.74, 6) is 12.0. The van der Waals surface area contributed by atoms with Crippen LogP contribution in [-0.4, -0.2) is 23.1 Å². The Labute approximate surface area is 120 Å². The number of hydrogen-bond acceptors (Lipinski definition) is 4. The van der Waals surface area contributed by atoms with E-state index in [1.807, 2.05) is 36.4 Å². The molecule has 2 rings (SSSR count). The summed E-state index contributed by atoms with van der Waals surface area (Å²) >= 11 is 0. The van der Waals surface area contributed by atoms with Gasteiger partial charge in [0.15, 0.2) is 0 Å². The van der Waals surface area contributed by atoms with Crippen molar-refractivity contribution in [1.29, 1.82) is 0 Å². The van der Waals surface area contributed by atoms with E-state index in [0.717, 1.165) is 26.2 Å². The molecular weight excluding hydrogens is 248 g/mol. The monoisotopic (exact) mass is 270 g/mol. The SMILES string of the molecule is NN(CCN(N)Cc1ccccc1)Cc1ccccc1. The van der Waals surface area contributed by atoms with Gasteiger partial charge in [-0.1, -0.05) is 60.7 Å². The van der Waals surface area contributed by atoms with Crippen LogP contribution in [0.4, 0.5) is 0 Å². The van der Waals surface area contributed by atoms with Crippen molar-refractivity contribution in [2.24, 2.45) is 11.7 Å². The summed E-state index contributed by atoms with van der Waals surface area (Å²) in [7, 11) is 0. The van der Waals surface area contributed by atoms with Crippen LogP contribution >= 0.6 is 0 Å². The Morgan fingerprint density at radius 3 is 1.30 bits per heavy atom. The van der Waals surface area contributed by atoms with Gasteiger partial charge >= 0.3 is 0 Å². The van der Waals surface area contributed by atoms with Crippen LogP contribution in [0.2, 0.25) is 0 Å². The van der Waals surface area contributed by atoms with Crippen molar-refractivity contribution in [3.63, 3.8) is 0 Å². The lowest BCUT2D eigenvalue weighted by Gasteiger charge is -2.21. The summed E-state index contributed by atoms with van der Waals surface area (Å²) in [6.07, 6.45) is 0. The highest BCUT2D eigenvalue weighted by Gasteiger charge is 2.04. The molecule has 0 aromatic heterocycles. The van der Waals surface area contributed by atoms with Crippen molar-refractivity contribution < 1.29 is 0 Å². The fourth-order valence-corrected chi connectivity index (χ4v) is 2.05. The molecule has 0 bridgehead atoms. The van der Waals surface area contributed by atoms with Gasteiger partial charge in [0.1, 0.15) is 0 Å². The van der Waals surface area contributed by atoms with E-state index >= 15 is 0 Å². The van der Waals surface area contributed by atoms with Crippen molar-refractivity contribution in [2.45, 2.75) is 13.1 Å². The van der Waals surface area contributed by atoms with Gasteiger partial charge in [-0.15, -0.1) is 0 Å². The maximum atomic E-state index is 6.00. The van der Waals surface area contributed by atoms with Crippen LogP contribution in [-0.2, 0) is 13.1 Å². The van der Waals surface area contributed by atoms with Crippen LogP contribution in [0.1, 0.15) is 11.1 Å². The minimum atomic E-state index is 0.734. The Balaban J connectivity index is 1.71. The number of benzene rings is 2. The fraction of sp³-hybridized carbons (Fsp3) is 0.250. The van der Waals surface area contributed by atoms with Crippen molar-refractivity contribution in [2.75, 3.05) is 13.1 Å². The first kappa shape index (κ1) is 14.7. The van der Waals surface area contributed by atoms with Crippen LogP contribution in [0.15, 0.2) is 60.7 Å². The van der Waals surface area contributed by atoms with E-state index in [1.165, 1.54) is 11.1 Å². The number of hydrazine groups is 2. The molecule has 0 unspecified atom stereocenters. The molecule has 0 spiro atoms. The second-order valence-electron chi connectivity index (χ2n) is 4.91. The van der Waals surface area contributed by atoms with Gasteiger partial charge in [-0.2, -0.15) is 0 Å². The maximum Gasteiger partial charge on any atom is 0.0379 e. The molecule has 2 aromatic carbocycles. The summed E-state index contributed by atoms with van der Waals surface area (Å²) in [6, 6.07) is 20.4.